The normalized spacial score (nSPS) is 10.5. The van der Waals surface area contributed by atoms with Crippen molar-refractivity contribution in [2.75, 3.05) is 10.2 Å². The number of rotatable bonds is 3. The molecule has 3 rings (SSSR count). The van der Waals surface area contributed by atoms with Crippen molar-refractivity contribution < 1.29 is 4.79 Å². The summed E-state index contributed by atoms with van der Waals surface area (Å²) in [5.74, 6) is 0. The minimum absolute atomic E-state index is 0.296. The molecule has 0 unspecified atom stereocenters. The second-order valence-electron chi connectivity index (χ2n) is 5.52. The van der Waals surface area contributed by atoms with Crippen molar-refractivity contribution in [3.63, 3.8) is 0 Å². The number of carbonyl (C=O) groups is 1. The Bertz CT molecular complexity index is 826. The fraction of sp³-hybridized carbons (Fsp3) is 0.176. The van der Waals surface area contributed by atoms with Crippen LogP contribution in [0.1, 0.15) is 16.7 Å². The number of aryl methyl sites for hydroxylation is 3. The molecule has 0 spiro atoms. The average molecular weight is 339 g/mol. The lowest BCUT2D eigenvalue weighted by Crippen LogP contribution is -2.32. The third-order valence-corrected chi connectivity index (χ3v) is 4.15. The van der Waals surface area contributed by atoms with E-state index in [1.807, 2.05) is 63.2 Å². The van der Waals surface area contributed by atoms with Crippen molar-refractivity contribution in [3.05, 3.63) is 59.2 Å². The van der Waals surface area contributed by atoms with Gasteiger partial charge in [-0.15, -0.1) is 0 Å². The van der Waals surface area contributed by atoms with Gasteiger partial charge in [-0.2, -0.15) is 0 Å². The first-order valence-corrected chi connectivity index (χ1v) is 8.22. The third-order valence-electron chi connectivity index (χ3n) is 3.57. The summed E-state index contributed by atoms with van der Waals surface area (Å²) in [6.07, 6.45) is 0. The Hall–Kier alpha value is -2.80. The summed E-state index contributed by atoms with van der Waals surface area (Å²) < 4.78 is 3.79. The number of nitrogens with one attached hydrogen (secondary N) is 1. The lowest BCUT2D eigenvalue weighted by molar-refractivity contribution is 0.259. The molecule has 0 bridgehead atoms. The highest BCUT2D eigenvalue weighted by atomic mass is 32.1. The molecule has 0 aliphatic rings. The highest BCUT2D eigenvalue weighted by Crippen LogP contribution is 2.33. The Morgan fingerprint density at radius 2 is 1.75 bits per heavy atom. The number of urea groups is 1. The van der Waals surface area contributed by atoms with Gasteiger partial charge < -0.3 is 5.32 Å². The van der Waals surface area contributed by atoms with Crippen LogP contribution >= 0.6 is 11.5 Å². The van der Waals surface area contributed by atoms with Gasteiger partial charge in [0.1, 0.15) is 0 Å². The van der Waals surface area contributed by atoms with Gasteiger partial charge >= 0.3 is 6.03 Å². The van der Waals surface area contributed by atoms with Gasteiger partial charge in [0.05, 0.1) is 5.69 Å². The summed E-state index contributed by atoms with van der Waals surface area (Å²) >= 11 is 1.08. The number of aromatic nitrogens is 3. The third kappa shape index (κ3) is 3.26. The minimum atomic E-state index is -0.296. The van der Waals surface area contributed by atoms with Crippen molar-refractivity contribution in [1.82, 2.24) is 14.8 Å². The molecule has 0 saturated carbocycles. The molecule has 7 heteroatoms. The lowest BCUT2D eigenvalue weighted by atomic mass is 10.0. The maximum atomic E-state index is 12.9. The number of anilines is 3. The first-order valence-electron chi connectivity index (χ1n) is 7.45. The Balaban J connectivity index is 2.04. The number of nitrogens with zero attached hydrogens (tertiary/aromatic N) is 4. The fourth-order valence-corrected chi connectivity index (χ4v) is 3.20. The van der Waals surface area contributed by atoms with E-state index in [0.717, 1.165) is 33.9 Å². The molecule has 2 amide bonds. The molecule has 0 atom stereocenters. The molecule has 1 N–H and O–H groups in total. The molecule has 2 aromatic carbocycles. The predicted octanol–water partition coefficient (Wildman–Crippen LogP) is 4.23. The van der Waals surface area contributed by atoms with Gasteiger partial charge in [-0.1, -0.05) is 45.5 Å². The second kappa shape index (κ2) is 6.76. The van der Waals surface area contributed by atoms with Crippen LogP contribution in [0.5, 0.6) is 0 Å². The predicted molar refractivity (Wildman–Crippen MR) is 96.0 cm³/mol. The van der Waals surface area contributed by atoms with Crippen LogP contribution in [0, 0.1) is 20.8 Å². The zero-order valence-corrected chi connectivity index (χ0v) is 14.5. The second-order valence-corrected chi connectivity index (χ2v) is 6.23. The summed E-state index contributed by atoms with van der Waals surface area (Å²) in [4.78, 5) is 14.5. The Kier molecular flexibility index (Phi) is 4.52. The fourth-order valence-electron chi connectivity index (χ4n) is 2.73. The van der Waals surface area contributed by atoms with E-state index in [-0.39, 0.29) is 6.03 Å². The zero-order chi connectivity index (χ0) is 17.1. The lowest BCUT2D eigenvalue weighted by Gasteiger charge is -2.24. The van der Waals surface area contributed by atoms with E-state index in [1.54, 1.807) is 0 Å². The molecule has 0 radical (unpaired) electrons. The van der Waals surface area contributed by atoms with Crippen LogP contribution in [0.4, 0.5) is 21.3 Å². The quantitative estimate of drug-likeness (QED) is 0.775. The van der Waals surface area contributed by atoms with E-state index in [2.05, 4.69) is 20.1 Å². The van der Waals surface area contributed by atoms with Gasteiger partial charge in [0, 0.05) is 17.2 Å². The molecule has 0 aliphatic heterocycles. The van der Waals surface area contributed by atoms with Crippen molar-refractivity contribution in [2.45, 2.75) is 20.8 Å². The van der Waals surface area contributed by atoms with Crippen LogP contribution in [-0.4, -0.2) is 20.8 Å². The Labute approximate surface area is 144 Å². The summed E-state index contributed by atoms with van der Waals surface area (Å²) in [6, 6.07) is 13.1. The van der Waals surface area contributed by atoms with Gasteiger partial charge in [-0.25, -0.2) is 9.69 Å². The van der Waals surface area contributed by atoms with Gasteiger partial charge in [0.2, 0.25) is 5.13 Å². The standard InChI is InChI=1S/C17H17N5OS/c1-11-9-12(2)15(13(3)10-11)22(17-19-20-21-24-17)16(23)18-14-7-5-4-6-8-14/h4-10H,1-3H3,(H,18,23). The van der Waals surface area contributed by atoms with E-state index < -0.39 is 0 Å². The molecule has 24 heavy (non-hydrogen) atoms. The molecule has 122 valence electrons. The van der Waals surface area contributed by atoms with Crippen LogP contribution < -0.4 is 10.2 Å². The highest BCUT2D eigenvalue weighted by Gasteiger charge is 2.25. The SMILES string of the molecule is Cc1cc(C)c(N(C(=O)Nc2ccccc2)c2nnns2)c(C)c1. The molecule has 0 aliphatic carbocycles. The molecule has 6 nitrogen and oxygen atoms in total. The molecule has 3 aromatic rings. The topological polar surface area (TPSA) is 71.0 Å². The van der Waals surface area contributed by atoms with Crippen LogP contribution in [0.25, 0.3) is 0 Å². The Morgan fingerprint density at radius 1 is 1.08 bits per heavy atom. The number of amides is 2. The van der Waals surface area contributed by atoms with Crippen LogP contribution in [-0.2, 0) is 0 Å². The molecular weight excluding hydrogens is 322 g/mol. The number of hydrogen-bond donors (Lipinski definition) is 1. The monoisotopic (exact) mass is 339 g/mol. The molecule has 0 fully saturated rings. The van der Waals surface area contributed by atoms with Gasteiger partial charge in [0.25, 0.3) is 0 Å². The number of benzene rings is 2. The molecule has 1 aromatic heterocycles. The van der Waals surface area contributed by atoms with Gasteiger partial charge in [0.15, 0.2) is 0 Å². The van der Waals surface area contributed by atoms with Gasteiger partial charge in [-0.3, -0.25) is 0 Å². The number of para-hydroxylation sites is 1. The maximum absolute atomic E-state index is 12.9. The average Bonchev–Trinajstić information content (AvgIpc) is 3.05. The summed E-state index contributed by atoms with van der Waals surface area (Å²) in [7, 11) is 0. The van der Waals surface area contributed by atoms with E-state index in [9.17, 15) is 4.79 Å². The van der Waals surface area contributed by atoms with E-state index in [1.165, 1.54) is 4.90 Å². The summed E-state index contributed by atoms with van der Waals surface area (Å²) in [5.41, 5.74) is 4.64. The Morgan fingerprint density at radius 3 is 2.33 bits per heavy atom. The van der Waals surface area contributed by atoms with Gasteiger partial charge in [-0.05, 0) is 49.2 Å². The molecule has 0 saturated heterocycles. The van der Waals surface area contributed by atoms with Crippen LogP contribution in [0.2, 0.25) is 0 Å². The zero-order valence-electron chi connectivity index (χ0n) is 13.6. The van der Waals surface area contributed by atoms with E-state index in [4.69, 9.17) is 0 Å². The molecular formula is C17H17N5OS. The smallest absolute Gasteiger partial charge is 0.307 e. The van der Waals surface area contributed by atoms with Crippen LogP contribution in [0.15, 0.2) is 42.5 Å². The maximum Gasteiger partial charge on any atom is 0.332 e. The van der Waals surface area contributed by atoms with E-state index in [0.29, 0.717) is 10.8 Å². The minimum Gasteiger partial charge on any atom is -0.307 e. The van der Waals surface area contributed by atoms with Crippen molar-refractivity contribution in [1.29, 1.82) is 0 Å². The number of carbonyl (C=O) groups excluding carboxylic acids is 1. The largest absolute Gasteiger partial charge is 0.332 e. The van der Waals surface area contributed by atoms with Crippen molar-refractivity contribution in [2.24, 2.45) is 0 Å². The first-order chi connectivity index (χ1) is 11.6. The summed E-state index contributed by atoms with van der Waals surface area (Å²) in [5, 5.41) is 10.9. The van der Waals surface area contributed by atoms with Crippen LogP contribution in [0.3, 0.4) is 0 Å². The van der Waals surface area contributed by atoms with Crippen molar-refractivity contribution in [3.8, 4) is 0 Å². The van der Waals surface area contributed by atoms with E-state index >= 15 is 0 Å². The van der Waals surface area contributed by atoms with Crippen molar-refractivity contribution >= 4 is 34.1 Å². The molecule has 1 heterocycles. The number of hydrogen-bond acceptors (Lipinski definition) is 5. The highest BCUT2D eigenvalue weighted by molar-refractivity contribution is 7.09. The first kappa shape index (κ1) is 16.1. The summed E-state index contributed by atoms with van der Waals surface area (Å²) in [6.45, 7) is 5.99.